The minimum Gasteiger partial charge on any atom is -0.497 e. The molecule has 3 unspecified atom stereocenters. The lowest BCUT2D eigenvalue weighted by Gasteiger charge is -2.29. The number of aromatic nitrogens is 2. The van der Waals surface area contributed by atoms with Gasteiger partial charge in [0.2, 0.25) is 21.8 Å². The molecule has 16 heteroatoms. The molecule has 8 rings (SSSR count). The third-order valence-corrected chi connectivity index (χ3v) is 15.1. The van der Waals surface area contributed by atoms with Crippen molar-refractivity contribution in [1.82, 2.24) is 30.2 Å². The number of alkyl carbamates (subject to hydrolysis) is 1. The number of nitrogens with zero attached hydrogens (tertiary/aromatic N) is 3. The first-order valence-electron chi connectivity index (χ1n) is 21.2. The Morgan fingerprint density at radius 3 is 2.50 bits per heavy atom. The zero-order valence-corrected chi connectivity index (χ0v) is 34.1. The fourth-order valence-electron chi connectivity index (χ4n) is 9.67. The lowest BCUT2D eigenvalue weighted by molar-refractivity contribution is -0.133. The Kier molecular flexibility index (Phi) is 11.7. The van der Waals surface area contributed by atoms with Crippen LogP contribution in [0.5, 0.6) is 11.6 Å². The van der Waals surface area contributed by atoms with E-state index >= 15 is 0 Å². The van der Waals surface area contributed by atoms with Crippen molar-refractivity contribution in [3.05, 3.63) is 36.5 Å². The van der Waals surface area contributed by atoms with E-state index in [9.17, 15) is 27.6 Å². The van der Waals surface area contributed by atoms with Crippen LogP contribution in [0.15, 0.2) is 30.9 Å². The van der Waals surface area contributed by atoms with Crippen LogP contribution in [0.2, 0.25) is 0 Å². The van der Waals surface area contributed by atoms with Gasteiger partial charge in [0.25, 0.3) is 5.91 Å². The summed E-state index contributed by atoms with van der Waals surface area (Å²) in [5, 5.41) is 5.23. The SMILES string of the molecule is C=C[C@H]1C[C@@]1(NC(=O)[C@@H]1C[C@@H]2CN1CC(=O)C(C1CCCC1)NC(=O)O[C@@H]1CCC(CCCCCc3nc4ccc(OC)cc4nc3O2)C1)C(=O)NS(=O)(=O)C1CC1. The van der Waals surface area contributed by atoms with Crippen LogP contribution in [0.4, 0.5) is 4.79 Å². The molecule has 1 saturated heterocycles. The van der Waals surface area contributed by atoms with Gasteiger partial charge in [0.05, 0.1) is 42.0 Å². The monoisotopic (exact) mass is 820 g/mol. The van der Waals surface area contributed by atoms with E-state index < -0.39 is 62.8 Å². The van der Waals surface area contributed by atoms with E-state index in [0.29, 0.717) is 53.5 Å². The van der Waals surface area contributed by atoms with Crippen molar-refractivity contribution in [3.63, 3.8) is 0 Å². The highest BCUT2D eigenvalue weighted by molar-refractivity contribution is 7.91. The van der Waals surface area contributed by atoms with E-state index in [1.54, 1.807) is 24.2 Å². The van der Waals surface area contributed by atoms with E-state index in [0.717, 1.165) is 70.6 Å². The second-order valence-electron chi connectivity index (χ2n) is 17.4. The summed E-state index contributed by atoms with van der Waals surface area (Å²) >= 11 is 0. The highest BCUT2D eigenvalue weighted by atomic mass is 32.2. The number of carbonyl (C=O) groups is 4. The summed E-state index contributed by atoms with van der Waals surface area (Å²) < 4.78 is 45.8. The summed E-state index contributed by atoms with van der Waals surface area (Å²) in [5.41, 5.74) is 0.518. The topological polar surface area (TPSA) is 195 Å². The van der Waals surface area contributed by atoms with Crippen LogP contribution >= 0.6 is 0 Å². The van der Waals surface area contributed by atoms with Gasteiger partial charge in [-0.3, -0.25) is 24.0 Å². The number of fused-ring (bicyclic) bond motifs is 6. The number of amides is 3. The predicted octanol–water partition coefficient (Wildman–Crippen LogP) is 4.27. The van der Waals surface area contributed by atoms with Crippen LogP contribution in [0.1, 0.15) is 102 Å². The molecule has 5 fully saturated rings. The van der Waals surface area contributed by atoms with Gasteiger partial charge in [-0.05, 0) is 88.2 Å². The zero-order valence-electron chi connectivity index (χ0n) is 33.3. The van der Waals surface area contributed by atoms with Gasteiger partial charge < -0.3 is 24.8 Å². The van der Waals surface area contributed by atoms with Crippen LogP contribution in [-0.4, -0.2) is 102 Å². The number of methoxy groups -OCH3 is 1. The molecule has 15 nitrogen and oxygen atoms in total. The highest BCUT2D eigenvalue weighted by Crippen LogP contribution is 2.45. The molecular weight excluding hydrogens is 765 g/mol. The molecule has 4 bridgehead atoms. The van der Waals surface area contributed by atoms with Crippen LogP contribution in [-0.2, 0) is 35.6 Å². The number of aryl methyl sites for hydroxylation is 1. The molecule has 0 radical (unpaired) electrons. The standard InChI is InChI=1S/C42H56N6O9S/c1-3-27-22-42(27,40(51)47-58(53,54)31-16-17-31)46-38(50)35-21-30-23-48(35)24-36(49)37(26-10-7-8-11-26)45-41(52)57-29-14-13-25(19-29)9-5-4-6-12-33-39(56-30)44-34-20-28(55-2)15-18-32(34)43-33/h3,15,18,20,25-27,29-31,35,37H,1,4-14,16-17,19,21-24H2,2H3,(H,45,52)(H,46,50)(H,47,51)/t25?,27-,29+,30+,35-,37?,42-/m0/s1. The Morgan fingerprint density at radius 2 is 1.76 bits per heavy atom. The Morgan fingerprint density at radius 1 is 0.966 bits per heavy atom. The first-order chi connectivity index (χ1) is 27.9. The number of nitrogens with one attached hydrogen (secondary N) is 3. The second-order valence-corrected chi connectivity index (χ2v) is 19.3. The molecule has 3 heterocycles. The van der Waals surface area contributed by atoms with Crippen LogP contribution in [0.25, 0.3) is 11.0 Å². The van der Waals surface area contributed by atoms with Gasteiger partial charge in [0, 0.05) is 24.9 Å². The lowest BCUT2D eigenvalue weighted by atomic mass is 9.94. The van der Waals surface area contributed by atoms with Gasteiger partial charge in [-0.2, -0.15) is 0 Å². The van der Waals surface area contributed by atoms with Crippen molar-refractivity contribution < 1.29 is 41.8 Å². The van der Waals surface area contributed by atoms with E-state index in [2.05, 4.69) is 21.9 Å². The Bertz CT molecular complexity index is 2040. The van der Waals surface area contributed by atoms with E-state index in [1.165, 1.54) is 0 Å². The number of ketones is 1. The van der Waals surface area contributed by atoms with Gasteiger partial charge in [0.1, 0.15) is 29.2 Å². The maximum atomic E-state index is 14.4. The number of carbonyl (C=O) groups excluding carboxylic acids is 4. The van der Waals surface area contributed by atoms with Crippen molar-refractivity contribution in [2.75, 3.05) is 20.2 Å². The summed E-state index contributed by atoms with van der Waals surface area (Å²) in [7, 11) is -2.29. The Labute approximate surface area is 339 Å². The molecule has 0 spiro atoms. The molecule has 6 aliphatic rings. The van der Waals surface area contributed by atoms with Crippen molar-refractivity contribution >= 4 is 44.7 Å². The predicted molar refractivity (Wildman–Crippen MR) is 213 cm³/mol. The number of Topliss-reactive ketones (excluding diaryl/α,β-unsaturated/α-hetero) is 1. The molecule has 8 atom stereocenters. The first kappa shape index (κ1) is 40.5. The van der Waals surface area contributed by atoms with E-state index in [1.807, 2.05) is 12.1 Å². The zero-order chi connectivity index (χ0) is 40.6. The number of rotatable bonds is 8. The average Bonchev–Trinajstić information content (AvgIpc) is 4.00. The van der Waals surface area contributed by atoms with Crippen LogP contribution in [0, 0.1) is 17.8 Å². The smallest absolute Gasteiger partial charge is 0.408 e. The Hall–Kier alpha value is -4.31. The maximum Gasteiger partial charge on any atom is 0.408 e. The van der Waals surface area contributed by atoms with Crippen molar-refractivity contribution in [2.45, 2.75) is 138 Å². The van der Waals surface area contributed by atoms with Gasteiger partial charge >= 0.3 is 6.09 Å². The second kappa shape index (κ2) is 16.7. The summed E-state index contributed by atoms with van der Waals surface area (Å²) in [6.07, 6.45) is 12.1. The van der Waals surface area contributed by atoms with E-state index in [4.69, 9.17) is 24.2 Å². The average molecular weight is 821 g/mol. The minimum absolute atomic E-state index is 0.0659. The van der Waals surface area contributed by atoms with Gasteiger partial charge in [-0.1, -0.05) is 38.2 Å². The van der Waals surface area contributed by atoms with Gasteiger partial charge in [-0.25, -0.2) is 23.2 Å². The molecule has 4 saturated carbocycles. The molecule has 3 amide bonds. The number of ether oxygens (including phenoxy) is 3. The highest BCUT2D eigenvalue weighted by Gasteiger charge is 2.62. The van der Waals surface area contributed by atoms with Crippen molar-refractivity contribution in [1.29, 1.82) is 0 Å². The molecule has 314 valence electrons. The number of hydrogen-bond acceptors (Lipinski definition) is 12. The molecule has 3 N–H and O–H groups in total. The molecule has 2 aromatic rings. The largest absolute Gasteiger partial charge is 0.497 e. The molecule has 2 aliphatic heterocycles. The fraction of sp³-hybridized carbons (Fsp3) is 0.667. The van der Waals surface area contributed by atoms with Crippen molar-refractivity contribution in [2.24, 2.45) is 17.8 Å². The maximum absolute atomic E-state index is 14.4. The fourth-order valence-corrected chi connectivity index (χ4v) is 11.0. The van der Waals surface area contributed by atoms with Crippen molar-refractivity contribution in [3.8, 4) is 11.6 Å². The van der Waals surface area contributed by atoms with Gasteiger partial charge in [0.15, 0.2) is 5.78 Å². The Balaban J connectivity index is 1.09. The molecule has 58 heavy (non-hydrogen) atoms. The first-order valence-corrected chi connectivity index (χ1v) is 22.7. The summed E-state index contributed by atoms with van der Waals surface area (Å²) in [6, 6.07) is 3.79. The summed E-state index contributed by atoms with van der Waals surface area (Å²) in [6.45, 7) is 3.83. The van der Waals surface area contributed by atoms with E-state index in [-0.39, 0.29) is 43.7 Å². The van der Waals surface area contributed by atoms with Crippen LogP contribution < -0.4 is 24.8 Å². The number of hydrogen-bond donors (Lipinski definition) is 3. The summed E-state index contributed by atoms with van der Waals surface area (Å²) in [5.74, 6) is -0.650. The quantitative estimate of drug-likeness (QED) is 0.321. The number of benzene rings is 1. The minimum atomic E-state index is -3.88. The lowest BCUT2D eigenvalue weighted by Crippen LogP contribution is -2.57. The molecular formula is C42H56N6O9S. The molecule has 1 aromatic heterocycles. The van der Waals surface area contributed by atoms with Crippen LogP contribution in [0.3, 0.4) is 0 Å². The third-order valence-electron chi connectivity index (χ3n) is 13.2. The third kappa shape index (κ3) is 8.82. The summed E-state index contributed by atoms with van der Waals surface area (Å²) in [4.78, 5) is 67.5. The molecule has 4 aliphatic carbocycles. The number of sulfonamides is 1. The van der Waals surface area contributed by atoms with Gasteiger partial charge in [-0.15, -0.1) is 6.58 Å². The molecule has 1 aromatic carbocycles. The normalized spacial score (nSPS) is 32.3.